The fourth-order valence-corrected chi connectivity index (χ4v) is 0.900. The average molecular weight is 210 g/mol. The lowest BCUT2D eigenvalue weighted by atomic mass is 10.3. The third-order valence-corrected chi connectivity index (χ3v) is 1.38. The lowest BCUT2D eigenvalue weighted by molar-refractivity contribution is -0.384. The van der Waals surface area contributed by atoms with Crippen LogP contribution in [0.4, 0.5) is 11.4 Å². The number of amides is 1. The van der Waals surface area contributed by atoms with Crippen LogP contribution < -0.4 is 5.32 Å². The number of benzene rings is 1. The van der Waals surface area contributed by atoms with Gasteiger partial charge in [0.1, 0.15) is 0 Å². The summed E-state index contributed by atoms with van der Waals surface area (Å²) < 4.78 is 0. The number of carbonyl (C=O) groups excluding carboxylic acids is 1. The lowest BCUT2D eigenvalue weighted by Crippen LogP contribution is -2.05. The van der Waals surface area contributed by atoms with Gasteiger partial charge in [0, 0.05) is 24.7 Å². The van der Waals surface area contributed by atoms with Crippen LogP contribution >= 0.6 is 0 Å². The predicted octanol–water partition coefficient (Wildman–Crippen LogP) is 2.58. The molecule has 0 atom stereocenters. The number of anilines is 1. The molecule has 0 saturated heterocycles. The van der Waals surface area contributed by atoms with Crippen LogP contribution in [-0.2, 0) is 4.79 Å². The Bertz CT molecular complexity index is 350. The van der Waals surface area contributed by atoms with Crippen LogP contribution in [-0.4, -0.2) is 10.8 Å². The third kappa shape index (κ3) is 4.75. The number of nitro groups is 1. The first-order valence-corrected chi connectivity index (χ1v) is 4.61. The van der Waals surface area contributed by atoms with E-state index in [0.717, 1.165) is 0 Å². The number of nitro benzene ring substituents is 1. The normalized spacial score (nSPS) is 8.47. The summed E-state index contributed by atoms with van der Waals surface area (Å²) in [4.78, 5) is 20.4. The van der Waals surface area contributed by atoms with E-state index in [1.807, 2.05) is 13.8 Å². The van der Waals surface area contributed by atoms with Gasteiger partial charge in [0.2, 0.25) is 5.91 Å². The highest BCUT2D eigenvalue weighted by molar-refractivity contribution is 5.88. The van der Waals surface area contributed by atoms with E-state index in [0.29, 0.717) is 5.69 Å². The van der Waals surface area contributed by atoms with Crippen molar-refractivity contribution in [3.63, 3.8) is 0 Å². The molecule has 1 N–H and O–H groups in total. The molecule has 1 rings (SSSR count). The molecule has 0 aromatic heterocycles. The van der Waals surface area contributed by atoms with E-state index < -0.39 is 4.92 Å². The molecular weight excluding hydrogens is 196 g/mol. The van der Waals surface area contributed by atoms with E-state index in [1.54, 1.807) is 6.07 Å². The fraction of sp³-hybridized carbons (Fsp3) is 0.300. The molecule has 0 aliphatic carbocycles. The van der Waals surface area contributed by atoms with Crippen molar-refractivity contribution < 1.29 is 9.72 Å². The largest absolute Gasteiger partial charge is 0.326 e. The molecule has 0 radical (unpaired) electrons. The second-order valence-corrected chi connectivity index (χ2v) is 2.49. The molecule has 0 saturated carbocycles. The van der Waals surface area contributed by atoms with Gasteiger partial charge in [-0.15, -0.1) is 0 Å². The maximum Gasteiger partial charge on any atom is 0.271 e. The first-order valence-electron chi connectivity index (χ1n) is 4.61. The summed E-state index contributed by atoms with van der Waals surface area (Å²) in [6.45, 7) is 5.35. The first kappa shape index (κ1) is 13.1. The van der Waals surface area contributed by atoms with Gasteiger partial charge < -0.3 is 5.32 Å². The minimum atomic E-state index is -0.509. The summed E-state index contributed by atoms with van der Waals surface area (Å²) >= 11 is 0. The number of carbonyl (C=O) groups is 1. The monoisotopic (exact) mass is 210 g/mol. The van der Waals surface area contributed by atoms with Gasteiger partial charge in [0.15, 0.2) is 0 Å². The van der Waals surface area contributed by atoms with Crippen molar-refractivity contribution in [3.8, 4) is 0 Å². The highest BCUT2D eigenvalue weighted by atomic mass is 16.6. The molecule has 1 aromatic rings. The Labute approximate surface area is 88.3 Å². The standard InChI is InChI=1S/C8H8N2O3.C2H6/c1-6(11)9-7-3-2-4-8(5-7)10(12)13;1-2/h2-5H,1H3,(H,9,11);1-2H3. The molecular formula is C10H14N2O3. The van der Waals surface area contributed by atoms with E-state index in [1.165, 1.54) is 25.1 Å². The van der Waals surface area contributed by atoms with Gasteiger partial charge in [0.05, 0.1) is 4.92 Å². The molecule has 0 aliphatic rings. The maximum atomic E-state index is 10.6. The molecule has 5 heteroatoms. The minimum Gasteiger partial charge on any atom is -0.326 e. The fourth-order valence-electron chi connectivity index (χ4n) is 0.900. The third-order valence-electron chi connectivity index (χ3n) is 1.38. The first-order chi connectivity index (χ1) is 7.09. The van der Waals surface area contributed by atoms with Crippen molar-refractivity contribution in [3.05, 3.63) is 34.4 Å². The molecule has 0 fully saturated rings. The second-order valence-electron chi connectivity index (χ2n) is 2.49. The van der Waals surface area contributed by atoms with Crippen LogP contribution in [0.15, 0.2) is 24.3 Å². The van der Waals surface area contributed by atoms with Gasteiger partial charge in [-0.25, -0.2) is 0 Å². The Hall–Kier alpha value is -1.91. The van der Waals surface area contributed by atoms with Crippen LogP contribution in [0.1, 0.15) is 20.8 Å². The van der Waals surface area contributed by atoms with Crippen molar-refractivity contribution in [2.75, 3.05) is 5.32 Å². The molecule has 0 heterocycles. The summed E-state index contributed by atoms with van der Waals surface area (Å²) in [5.41, 5.74) is 0.396. The van der Waals surface area contributed by atoms with E-state index in [4.69, 9.17) is 0 Å². The summed E-state index contributed by atoms with van der Waals surface area (Å²) in [6.07, 6.45) is 0. The van der Waals surface area contributed by atoms with Crippen molar-refractivity contribution in [1.82, 2.24) is 0 Å². The van der Waals surface area contributed by atoms with Crippen LogP contribution in [0.2, 0.25) is 0 Å². The van der Waals surface area contributed by atoms with Crippen LogP contribution in [0, 0.1) is 10.1 Å². The molecule has 5 nitrogen and oxygen atoms in total. The van der Waals surface area contributed by atoms with E-state index in [-0.39, 0.29) is 11.6 Å². The summed E-state index contributed by atoms with van der Waals surface area (Å²) in [5, 5.41) is 12.8. The van der Waals surface area contributed by atoms with Gasteiger partial charge in [-0.1, -0.05) is 19.9 Å². The summed E-state index contributed by atoms with van der Waals surface area (Å²) in [7, 11) is 0. The van der Waals surface area contributed by atoms with Gasteiger partial charge >= 0.3 is 0 Å². The predicted molar refractivity (Wildman–Crippen MR) is 58.7 cm³/mol. The Balaban J connectivity index is 0.000000921. The molecule has 15 heavy (non-hydrogen) atoms. The van der Waals surface area contributed by atoms with E-state index >= 15 is 0 Å². The van der Waals surface area contributed by atoms with Crippen molar-refractivity contribution in [1.29, 1.82) is 0 Å². The van der Waals surface area contributed by atoms with Gasteiger partial charge in [-0.3, -0.25) is 14.9 Å². The quantitative estimate of drug-likeness (QED) is 0.602. The number of hydrogen-bond acceptors (Lipinski definition) is 3. The second kappa shape index (κ2) is 6.53. The van der Waals surface area contributed by atoms with Crippen LogP contribution in [0.5, 0.6) is 0 Å². The molecule has 1 aromatic carbocycles. The smallest absolute Gasteiger partial charge is 0.271 e. The number of non-ortho nitro benzene ring substituents is 1. The van der Waals surface area contributed by atoms with Gasteiger partial charge in [-0.05, 0) is 6.07 Å². The zero-order valence-corrected chi connectivity index (χ0v) is 8.98. The molecule has 0 bridgehead atoms. The van der Waals surface area contributed by atoms with Crippen LogP contribution in [0.3, 0.4) is 0 Å². The van der Waals surface area contributed by atoms with Crippen LogP contribution in [0.25, 0.3) is 0 Å². The Kier molecular flexibility index (Phi) is 5.70. The van der Waals surface area contributed by atoms with Gasteiger partial charge in [0.25, 0.3) is 5.69 Å². The van der Waals surface area contributed by atoms with Crippen molar-refractivity contribution in [2.45, 2.75) is 20.8 Å². The van der Waals surface area contributed by atoms with E-state index in [9.17, 15) is 14.9 Å². The van der Waals surface area contributed by atoms with Crippen molar-refractivity contribution in [2.24, 2.45) is 0 Å². The highest BCUT2D eigenvalue weighted by Crippen LogP contribution is 2.16. The Morgan fingerprint density at radius 2 is 2.00 bits per heavy atom. The molecule has 1 amide bonds. The Morgan fingerprint density at radius 1 is 1.40 bits per heavy atom. The molecule has 0 aliphatic heterocycles. The summed E-state index contributed by atoms with van der Waals surface area (Å²) in [6, 6.07) is 5.78. The minimum absolute atomic E-state index is 0.0359. The number of nitrogens with one attached hydrogen (secondary N) is 1. The SMILES string of the molecule is CC.CC(=O)Nc1cccc([N+](=O)[O-])c1. The van der Waals surface area contributed by atoms with Crippen molar-refractivity contribution >= 4 is 17.3 Å². The summed E-state index contributed by atoms with van der Waals surface area (Å²) in [5.74, 6) is -0.250. The maximum absolute atomic E-state index is 10.6. The molecule has 82 valence electrons. The zero-order valence-electron chi connectivity index (χ0n) is 8.98. The van der Waals surface area contributed by atoms with Gasteiger partial charge in [-0.2, -0.15) is 0 Å². The lowest BCUT2D eigenvalue weighted by Gasteiger charge is -1.99. The number of nitrogens with zero attached hydrogens (tertiary/aromatic N) is 1. The van der Waals surface area contributed by atoms with E-state index in [2.05, 4.69) is 5.32 Å². The highest BCUT2D eigenvalue weighted by Gasteiger charge is 2.05. The molecule has 0 unspecified atom stereocenters. The topological polar surface area (TPSA) is 72.2 Å². The number of rotatable bonds is 2. The number of hydrogen-bond donors (Lipinski definition) is 1. The average Bonchev–Trinajstić information content (AvgIpc) is 2.20. The molecule has 0 spiro atoms. The zero-order chi connectivity index (χ0) is 11.8. The Morgan fingerprint density at radius 3 is 2.47 bits per heavy atom.